The van der Waals surface area contributed by atoms with E-state index >= 15 is 0 Å². The number of aryl methyl sites for hydroxylation is 1. The number of hydrogen-bond acceptors (Lipinski definition) is 3. The van der Waals surface area contributed by atoms with E-state index in [2.05, 4.69) is 12.1 Å². The Morgan fingerprint density at radius 2 is 2.15 bits per heavy atom. The third-order valence-electron chi connectivity index (χ3n) is 4.29. The van der Waals surface area contributed by atoms with Gasteiger partial charge in [-0.2, -0.15) is 5.26 Å². The van der Waals surface area contributed by atoms with Crippen LogP contribution in [0.3, 0.4) is 0 Å². The van der Waals surface area contributed by atoms with E-state index in [1.165, 1.54) is 0 Å². The third kappa shape index (κ3) is 2.56. The zero-order valence-electron chi connectivity index (χ0n) is 12.2. The van der Waals surface area contributed by atoms with Crippen LogP contribution in [0, 0.1) is 24.2 Å². The topological polar surface area (TPSA) is 50.1 Å². The Hall–Kier alpha value is -1.82. The molecule has 1 atom stereocenters. The van der Waals surface area contributed by atoms with Gasteiger partial charge in [-0.1, -0.05) is 42.7 Å². The van der Waals surface area contributed by atoms with Crippen molar-refractivity contribution < 1.29 is 9.53 Å². The van der Waals surface area contributed by atoms with Gasteiger partial charge in [0, 0.05) is 5.41 Å². The van der Waals surface area contributed by atoms with Crippen LogP contribution in [-0.2, 0) is 14.9 Å². The van der Waals surface area contributed by atoms with Gasteiger partial charge in [-0.15, -0.1) is 0 Å². The molecule has 1 saturated carbocycles. The quantitative estimate of drug-likeness (QED) is 0.787. The molecule has 0 bridgehead atoms. The largest absolute Gasteiger partial charge is 0.465 e. The van der Waals surface area contributed by atoms with Crippen LogP contribution in [0.1, 0.15) is 43.7 Å². The van der Waals surface area contributed by atoms with Gasteiger partial charge in [-0.05, 0) is 32.3 Å². The number of esters is 1. The van der Waals surface area contributed by atoms with Gasteiger partial charge in [0.05, 0.1) is 12.7 Å². The molecule has 3 heteroatoms. The molecule has 1 unspecified atom stereocenters. The predicted octanol–water partition coefficient (Wildman–Crippen LogP) is 3.51. The molecular weight excluding hydrogens is 250 g/mol. The zero-order valence-corrected chi connectivity index (χ0v) is 12.2. The maximum absolute atomic E-state index is 12.2. The van der Waals surface area contributed by atoms with Gasteiger partial charge < -0.3 is 4.74 Å². The molecule has 2 rings (SSSR count). The van der Waals surface area contributed by atoms with Crippen molar-refractivity contribution in [1.82, 2.24) is 0 Å². The van der Waals surface area contributed by atoms with Crippen LogP contribution >= 0.6 is 0 Å². The number of carbonyl (C=O) groups excluding carboxylic acids is 1. The van der Waals surface area contributed by atoms with Gasteiger partial charge in [0.25, 0.3) is 0 Å². The number of hydrogen-bond donors (Lipinski definition) is 0. The lowest BCUT2D eigenvalue weighted by Crippen LogP contribution is -2.38. The molecule has 106 valence electrons. The summed E-state index contributed by atoms with van der Waals surface area (Å²) in [4.78, 5) is 12.2. The Labute approximate surface area is 120 Å². The molecule has 0 radical (unpaired) electrons. The SMILES string of the molecule is CCOC(=O)C(C#N)C1(c2cccc(C)c2)CCCC1. The summed E-state index contributed by atoms with van der Waals surface area (Å²) in [6.45, 7) is 4.14. The van der Waals surface area contributed by atoms with Gasteiger partial charge in [-0.3, -0.25) is 4.79 Å². The van der Waals surface area contributed by atoms with Crippen molar-refractivity contribution in [3.63, 3.8) is 0 Å². The summed E-state index contributed by atoms with van der Waals surface area (Å²) in [7, 11) is 0. The van der Waals surface area contributed by atoms with Crippen LogP contribution < -0.4 is 0 Å². The molecule has 0 saturated heterocycles. The first-order chi connectivity index (χ1) is 9.64. The Kier molecular flexibility index (Phi) is 4.44. The van der Waals surface area contributed by atoms with Gasteiger partial charge in [0.2, 0.25) is 0 Å². The number of carbonyl (C=O) groups is 1. The van der Waals surface area contributed by atoms with Crippen molar-refractivity contribution in [2.45, 2.75) is 44.9 Å². The van der Waals surface area contributed by atoms with Crippen molar-refractivity contribution in [2.75, 3.05) is 6.61 Å². The molecule has 0 spiro atoms. The first-order valence-electron chi connectivity index (χ1n) is 7.27. The molecule has 1 fully saturated rings. The average molecular weight is 271 g/mol. The fraction of sp³-hybridized carbons (Fsp3) is 0.529. The minimum Gasteiger partial charge on any atom is -0.465 e. The molecule has 0 amide bonds. The molecule has 0 N–H and O–H groups in total. The van der Waals surface area contributed by atoms with E-state index in [0.29, 0.717) is 6.61 Å². The standard InChI is InChI=1S/C17H21NO2/c1-3-20-16(19)15(12-18)17(9-4-5-10-17)14-8-6-7-13(2)11-14/h6-8,11,15H,3-5,9-10H2,1-2H3. The predicted molar refractivity (Wildman–Crippen MR) is 77.1 cm³/mol. The molecule has 1 aromatic carbocycles. The van der Waals surface area contributed by atoms with E-state index in [1.54, 1.807) is 6.92 Å². The Balaban J connectivity index is 2.44. The van der Waals surface area contributed by atoms with Crippen molar-refractivity contribution in [1.29, 1.82) is 5.26 Å². The second kappa shape index (κ2) is 6.09. The van der Waals surface area contributed by atoms with Crippen LogP contribution in [0.2, 0.25) is 0 Å². The second-order valence-electron chi connectivity index (χ2n) is 5.55. The maximum Gasteiger partial charge on any atom is 0.324 e. The molecule has 0 aliphatic heterocycles. The lowest BCUT2D eigenvalue weighted by Gasteiger charge is -2.33. The number of nitriles is 1. The maximum atomic E-state index is 12.2. The van der Waals surface area contributed by atoms with Crippen LogP contribution in [0.15, 0.2) is 24.3 Å². The van der Waals surface area contributed by atoms with E-state index in [9.17, 15) is 10.1 Å². The fourth-order valence-electron chi connectivity index (χ4n) is 3.33. The van der Waals surface area contributed by atoms with Crippen LogP contribution in [0.25, 0.3) is 0 Å². The first kappa shape index (κ1) is 14.6. The number of nitrogens with zero attached hydrogens (tertiary/aromatic N) is 1. The van der Waals surface area contributed by atoms with E-state index < -0.39 is 5.92 Å². The van der Waals surface area contributed by atoms with Gasteiger partial charge in [0.15, 0.2) is 5.92 Å². The van der Waals surface area contributed by atoms with E-state index in [0.717, 1.165) is 36.8 Å². The minimum absolute atomic E-state index is 0.320. The third-order valence-corrected chi connectivity index (χ3v) is 4.29. The highest BCUT2D eigenvalue weighted by atomic mass is 16.5. The van der Waals surface area contributed by atoms with Crippen molar-refractivity contribution in [3.05, 3.63) is 35.4 Å². The summed E-state index contributed by atoms with van der Waals surface area (Å²) in [5.41, 5.74) is 1.90. The fourth-order valence-corrected chi connectivity index (χ4v) is 3.33. The molecule has 3 nitrogen and oxygen atoms in total. The normalized spacial score (nSPS) is 18.2. The number of rotatable bonds is 4. The zero-order chi connectivity index (χ0) is 14.6. The Morgan fingerprint density at radius 1 is 1.45 bits per heavy atom. The summed E-state index contributed by atoms with van der Waals surface area (Å²) in [6, 6.07) is 10.4. The molecule has 1 aliphatic carbocycles. The van der Waals surface area contributed by atoms with Crippen LogP contribution in [0.5, 0.6) is 0 Å². The minimum atomic E-state index is -0.702. The van der Waals surface area contributed by atoms with Crippen molar-refractivity contribution >= 4 is 5.97 Å². The summed E-state index contributed by atoms with van der Waals surface area (Å²) in [5.74, 6) is -1.08. The summed E-state index contributed by atoms with van der Waals surface area (Å²) < 4.78 is 5.12. The van der Waals surface area contributed by atoms with Crippen LogP contribution in [0.4, 0.5) is 0 Å². The first-order valence-corrected chi connectivity index (χ1v) is 7.27. The second-order valence-corrected chi connectivity index (χ2v) is 5.55. The van der Waals surface area contributed by atoms with E-state index in [-0.39, 0.29) is 11.4 Å². The van der Waals surface area contributed by atoms with Crippen LogP contribution in [-0.4, -0.2) is 12.6 Å². The van der Waals surface area contributed by atoms with Crippen molar-refractivity contribution in [2.24, 2.45) is 5.92 Å². The lowest BCUT2D eigenvalue weighted by atomic mass is 9.69. The lowest BCUT2D eigenvalue weighted by molar-refractivity contribution is -0.148. The molecule has 20 heavy (non-hydrogen) atoms. The highest BCUT2D eigenvalue weighted by molar-refractivity contribution is 5.77. The van der Waals surface area contributed by atoms with Gasteiger partial charge >= 0.3 is 5.97 Å². The van der Waals surface area contributed by atoms with Gasteiger partial charge in [-0.25, -0.2) is 0 Å². The molecule has 0 heterocycles. The van der Waals surface area contributed by atoms with E-state index in [4.69, 9.17) is 4.74 Å². The summed E-state index contributed by atoms with van der Waals surface area (Å²) in [6.07, 6.45) is 3.89. The highest BCUT2D eigenvalue weighted by Crippen LogP contribution is 2.47. The molecular formula is C17H21NO2. The monoisotopic (exact) mass is 271 g/mol. The van der Waals surface area contributed by atoms with Gasteiger partial charge in [0.1, 0.15) is 0 Å². The number of ether oxygens (including phenoxy) is 1. The molecule has 1 aliphatic rings. The Morgan fingerprint density at radius 3 is 2.70 bits per heavy atom. The Bertz CT molecular complexity index is 524. The smallest absolute Gasteiger partial charge is 0.324 e. The van der Waals surface area contributed by atoms with Crippen molar-refractivity contribution in [3.8, 4) is 6.07 Å². The average Bonchev–Trinajstić information content (AvgIpc) is 2.90. The summed E-state index contributed by atoms with van der Waals surface area (Å²) in [5, 5.41) is 9.53. The van der Waals surface area contributed by atoms with E-state index in [1.807, 2.05) is 25.1 Å². The molecule has 0 aromatic heterocycles. The number of benzene rings is 1. The summed E-state index contributed by atoms with van der Waals surface area (Å²) >= 11 is 0. The molecule has 1 aromatic rings. The highest BCUT2D eigenvalue weighted by Gasteiger charge is 2.47.